The number of hydrogen-bond donors (Lipinski definition) is 6. The van der Waals surface area contributed by atoms with Gasteiger partial charge in [0.15, 0.2) is 0 Å². The molecule has 0 radical (unpaired) electrons. The number of rotatable bonds is 13. The standard InChI is InChI=1S/C28H39N5O5S2/c1-3-30-22-14-21(15-23(16-22)33-10-4-5-12-40(33,36)37)28(35)32-25(17-27-31-9-11-39-27)26(34)19-29-18-20-7-6-8-24(13-20)38-2/h6-9,11,13-16,25-26,29-30,34,36-37H,3-5,10,12,17-19H2,1-2H3,(H,32,35)/t25-,26+/m0/s1. The average molecular weight is 590 g/mol. The lowest BCUT2D eigenvalue weighted by atomic mass is 10.1. The Morgan fingerprint density at radius 3 is 2.80 bits per heavy atom. The number of nitrogens with zero attached hydrogens (tertiary/aromatic N) is 2. The number of thiazole rings is 1. The maximum Gasteiger partial charge on any atom is 0.251 e. The Morgan fingerprint density at radius 2 is 2.08 bits per heavy atom. The van der Waals surface area contributed by atoms with Crippen LogP contribution in [-0.4, -0.2) is 69.7 Å². The molecule has 2 aromatic carbocycles. The quantitative estimate of drug-likeness (QED) is 0.172. The summed E-state index contributed by atoms with van der Waals surface area (Å²) in [6, 6.07) is 12.4. The van der Waals surface area contributed by atoms with Gasteiger partial charge in [-0.2, -0.15) is 0 Å². The summed E-state index contributed by atoms with van der Waals surface area (Å²) in [5.74, 6) is 0.715. The molecule has 0 bridgehead atoms. The summed E-state index contributed by atoms with van der Waals surface area (Å²) >= 11 is 1.47. The first-order valence-electron chi connectivity index (χ1n) is 13.4. The van der Waals surface area contributed by atoms with Gasteiger partial charge in [-0.25, -0.2) is 4.98 Å². The van der Waals surface area contributed by atoms with Gasteiger partial charge >= 0.3 is 0 Å². The zero-order chi connectivity index (χ0) is 28.5. The third kappa shape index (κ3) is 8.09. The third-order valence-electron chi connectivity index (χ3n) is 6.71. The molecule has 0 aliphatic carbocycles. The van der Waals surface area contributed by atoms with Crippen molar-refractivity contribution in [1.29, 1.82) is 0 Å². The molecule has 0 unspecified atom stereocenters. The van der Waals surface area contributed by atoms with Crippen LogP contribution in [-0.2, 0) is 13.0 Å². The van der Waals surface area contributed by atoms with Crippen molar-refractivity contribution in [3.05, 3.63) is 70.2 Å². The van der Waals surface area contributed by atoms with Gasteiger partial charge in [0.1, 0.15) is 5.75 Å². The number of aliphatic hydroxyl groups excluding tert-OH is 1. The maximum atomic E-state index is 13.6. The van der Waals surface area contributed by atoms with Crippen molar-refractivity contribution in [2.24, 2.45) is 0 Å². The summed E-state index contributed by atoms with van der Waals surface area (Å²) in [6.07, 6.45) is 2.78. The number of methoxy groups -OCH3 is 1. The van der Waals surface area contributed by atoms with Crippen molar-refractivity contribution in [1.82, 2.24) is 15.6 Å². The Kier molecular flexibility index (Phi) is 10.6. The molecule has 1 amide bonds. The highest BCUT2D eigenvalue weighted by Crippen LogP contribution is 2.50. The number of anilines is 2. The zero-order valence-corrected chi connectivity index (χ0v) is 24.5. The van der Waals surface area contributed by atoms with Gasteiger partial charge in [0.25, 0.3) is 5.91 Å². The van der Waals surface area contributed by atoms with Gasteiger partial charge in [-0.15, -0.1) is 22.1 Å². The highest BCUT2D eigenvalue weighted by molar-refractivity contribution is 8.25. The molecule has 6 N–H and O–H groups in total. The molecule has 1 saturated heterocycles. The molecule has 2 atom stereocenters. The molecule has 1 aromatic heterocycles. The molecule has 1 aliphatic heterocycles. The highest BCUT2D eigenvalue weighted by atomic mass is 32.3. The second-order valence-electron chi connectivity index (χ2n) is 9.70. The van der Waals surface area contributed by atoms with E-state index in [4.69, 9.17) is 4.74 Å². The number of hydrogen-bond acceptors (Lipinski definition) is 10. The first kappa shape index (κ1) is 30.1. The number of amides is 1. The first-order valence-corrected chi connectivity index (χ1v) is 16.0. The van der Waals surface area contributed by atoms with Gasteiger partial charge < -0.3 is 25.8 Å². The third-order valence-corrected chi connectivity index (χ3v) is 9.44. The van der Waals surface area contributed by atoms with Crippen LogP contribution in [0.25, 0.3) is 0 Å². The molecule has 10 nitrogen and oxygen atoms in total. The first-order chi connectivity index (χ1) is 19.3. The molecule has 0 saturated carbocycles. The lowest BCUT2D eigenvalue weighted by molar-refractivity contribution is 0.0830. The topological polar surface area (TPSA) is 139 Å². The van der Waals surface area contributed by atoms with Crippen LogP contribution in [0.5, 0.6) is 5.75 Å². The van der Waals surface area contributed by atoms with Crippen LogP contribution in [0.4, 0.5) is 11.4 Å². The van der Waals surface area contributed by atoms with Gasteiger partial charge in [-0.1, -0.05) is 12.1 Å². The van der Waals surface area contributed by atoms with E-state index in [2.05, 4.69) is 20.9 Å². The molecule has 4 rings (SSSR count). The second-order valence-corrected chi connectivity index (χ2v) is 12.8. The lowest BCUT2D eigenvalue weighted by Gasteiger charge is -2.47. The minimum Gasteiger partial charge on any atom is -0.497 e. The van der Waals surface area contributed by atoms with E-state index in [1.165, 1.54) is 11.3 Å². The van der Waals surface area contributed by atoms with Crippen LogP contribution in [0.1, 0.15) is 40.7 Å². The van der Waals surface area contributed by atoms with Gasteiger partial charge in [-0.05, 0) is 55.7 Å². The highest BCUT2D eigenvalue weighted by Gasteiger charge is 2.29. The van der Waals surface area contributed by atoms with Gasteiger partial charge in [0.2, 0.25) is 0 Å². The minimum atomic E-state index is -2.95. The normalized spacial score (nSPS) is 17.1. The average Bonchev–Trinajstić information content (AvgIpc) is 3.45. The van der Waals surface area contributed by atoms with Crippen LogP contribution >= 0.6 is 22.1 Å². The van der Waals surface area contributed by atoms with Crippen LogP contribution < -0.4 is 25.0 Å². The SMILES string of the molecule is CCNc1cc(C(=O)N[C@@H](Cc2nccs2)[C@H](O)CNCc2cccc(OC)c2)cc(N2CCCCS2(O)O)c1. The largest absolute Gasteiger partial charge is 0.497 e. The predicted octanol–water partition coefficient (Wildman–Crippen LogP) is 4.34. The van der Waals surface area contributed by atoms with Crippen LogP contribution in [0.15, 0.2) is 54.0 Å². The van der Waals surface area contributed by atoms with E-state index < -0.39 is 22.9 Å². The van der Waals surface area contributed by atoms with Crippen molar-refractivity contribution >= 4 is 39.4 Å². The summed E-state index contributed by atoms with van der Waals surface area (Å²) in [4.78, 5) is 17.9. The van der Waals surface area contributed by atoms with Crippen LogP contribution in [0, 0.1) is 0 Å². The number of benzene rings is 2. The number of aliphatic hydroxyl groups is 1. The molecule has 218 valence electrons. The monoisotopic (exact) mass is 589 g/mol. The minimum absolute atomic E-state index is 0.255. The molecular formula is C28H39N5O5S2. The van der Waals surface area contributed by atoms with Crippen LogP contribution in [0.3, 0.4) is 0 Å². The van der Waals surface area contributed by atoms with Crippen LogP contribution in [0.2, 0.25) is 0 Å². The molecular weight excluding hydrogens is 550 g/mol. The van der Waals surface area contributed by atoms with E-state index in [-0.39, 0.29) is 12.5 Å². The molecule has 40 heavy (non-hydrogen) atoms. The molecule has 0 spiro atoms. The molecule has 1 fully saturated rings. The van der Waals surface area contributed by atoms with E-state index in [0.717, 1.165) is 29.2 Å². The number of aromatic nitrogens is 1. The van der Waals surface area contributed by atoms with E-state index in [1.54, 1.807) is 29.7 Å². The molecule has 1 aliphatic rings. The van der Waals surface area contributed by atoms with Crippen molar-refractivity contribution in [3.8, 4) is 5.75 Å². The smallest absolute Gasteiger partial charge is 0.251 e. The van der Waals surface area contributed by atoms with Gasteiger partial charge in [-0.3, -0.25) is 18.2 Å². The number of nitrogens with one attached hydrogen (secondary N) is 3. The zero-order valence-electron chi connectivity index (χ0n) is 22.9. The van der Waals surface area contributed by atoms with Crippen molar-refractivity contribution in [2.75, 3.05) is 42.1 Å². The Hall–Kier alpha value is -2.87. The van der Waals surface area contributed by atoms with E-state index >= 15 is 0 Å². The Labute approximate surface area is 241 Å². The summed E-state index contributed by atoms with van der Waals surface area (Å²) in [5, 5.41) is 23.3. The summed E-state index contributed by atoms with van der Waals surface area (Å²) < 4.78 is 28.3. The fraction of sp³-hybridized carbons (Fsp3) is 0.429. The fourth-order valence-corrected chi connectivity index (χ4v) is 7.02. The number of carbonyl (C=O) groups is 1. The Morgan fingerprint density at radius 1 is 1.23 bits per heavy atom. The Bertz CT molecular complexity index is 1240. The van der Waals surface area contributed by atoms with Crippen molar-refractivity contribution in [2.45, 2.75) is 44.9 Å². The van der Waals surface area contributed by atoms with E-state index in [9.17, 15) is 19.0 Å². The van der Waals surface area contributed by atoms with E-state index in [1.807, 2.05) is 42.6 Å². The molecule has 3 aromatic rings. The summed E-state index contributed by atoms with van der Waals surface area (Å²) in [5.41, 5.74) is 2.68. The van der Waals surface area contributed by atoms with Gasteiger partial charge in [0.05, 0.1) is 35.7 Å². The lowest BCUT2D eigenvalue weighted by Crippen LogP contribution is -2.48. The maximum absolute atomic E-state index is 13.6. The molecule has 12 heteroatoms. The summed E-state index contributed by atoms with van der Waals surface area (Å²) in [6.45, 7) is 3.89. The predicted molar refractivity (Wildman–Crippen MR) is 163 cm³/mol. The Balaban J connectivity index is 1.50. The number of carbonyl (C=O) groups excluding carboxylic acids is 1. The summed E-state index contributed by atoms with van der Waals surface area (Å²) in [7, 11) is -1.33. The second kappa shape index (κ2) is 14.2. The molecule has 2 heterocycles. The van der Waals surface area contributed by atoms with E-state index in [0.29, 0.717) is 48.7 Å². The van der Waals surface area contributed by atoms with Crippen molar-refractivity contribution < 1.29 is 23.7 Å². The number of ether oxygens (including phenoxy) is 1. The van der Waals surface area contributed by atoms with Crippen molar-refractivity contribution in [3.63, 3.8) is 0 Å². The fourth-order valence-electron chi connectivity index (χ4n) is 4.66. The van der Waals surface area contributed by atoms with Gasteiger partial charge in [0, 0.05) is 55.4 Å².